The topological polar surface area (TPSA) is 84.5 Å². The third-order valence-electron chi connectivity index (χ3n) is 5.21. The van der Waals surface area contributed by atoms with Gasteiger partial charge >= 0.3 is 5.97 Å². The van der Waals surface area contributed by atoms with Gasteiger partial charge in [0.15, 0.2) is 6.10 Å². The van der Waals surface area contributed by atoms with Crippen LogP contribution in [0.3, 0.4) is 0 Å². The molecule has 6 nitrogen and oxygen atoms in total. The lowest BCUT2D eigenvalue weighted by Crippen LogP contribution is -2.45. The summed E-state index contributed by atoms with van der Waals surface area (Å²) in [6.07, 6.45) is 1.67. The molecule has 7 heteroatoms. The molecule has 3 rings (SSSR count). The Morgan fingerprint density at radius 1 is 0.939 bits per heavy atom. The van der Waals surface area contributed by atoms with E-state index in [0.717, 1.165) is 10.8 Å². The highest BCUT2D eigenvalue weighted by molar-refractivity contribution is 7.98. The molecule has 0 aliphatic heterocycles. The SMILES string of the molecule is CC[C@@H](OC(=O)[C@@H](CCSC)NC(=O)c1ccccc1)C(=O)Nc1cccc2ccccc12. The summed E-state index contributed by atoms with van der Waals surface area (Å²) in [5.41, 5.74) is 1.11. The van der Waals surface area contributed by atoms with Crippen LogP contribution in [0.1, 0.15) is 30.1 Å². The van der Waals surface area contributed by atoms with Crippen molar-refractivity contribution in [2.24, 2.45) is 0 Å². The molecule has 2 amide bonds. The first-order chi connectivity index (χ1) is 16.0. The van der Waals surface area contributed by atoms with Gasteiger partial charge in [0.1, 0.15) is 6.04 Å². The third-order valence-corrected chi connectivity index (χ3v) is 5.85. The molecule has 2 atom stereocenters. The number of hydrogen-bond acceptors (Lipinski definition) is 5. The maximum Gasteiger partial charge on any atom is 0.329 e. The molecule has 3 aromatic carbocycles. The highest BCUT2D eigenvalue weighted by Crippen LogP contribution is 2.23. The summed E-state index contributed by atoms with van der Waals surface area (Å²) in [5.74, 6) is -0.714. The van der Waals surface area contributed by atoms with Gasteiger partial charge in [-0.1, -0.05) is 61.5 Å². The van der Waals surface area contributed by atoms with E-state index in [2.05, 4.69) is 10.6 Å². The molecule has 172 valence electrons. The number of hydrogen-bond donors (Lipinski definition) is 2. The van der Waals surface area contributed by atoms with Gasteiger partial charge in [0.25, 0.3) is 11.8 Å². The fraction of sp³-hybridized carbons (Fsp3) is 0.269. The van der Waals surface area contributed by atoms with E-state index in [4.69, 9.17) is 4.74 Å². The van der Waals surface area contributed by atoms with Crippen molar-refractivity contribution in [3.8, 4) is 0 Å². The first-order valence-electron chi connectivity index (χ1n) is 10.9. The van der Waals surface area contributed by atoms with Crippen molar-refractivity contribution in [3.63, 3.8) is 0 Å². The quantitative estimate of drug-likeness (QED) is 0.427. The molecule has 0 aromatic heterocycles. The fourth-order valence-corrected chi connectivity index (χ4v) is 3.88. The lowest BCUT2D eigenvalue weighted by atomic mass is 10.1. The van der Waals surface area contributed by atoms with Crippen molar-refractivity contribution < 1.29 is 19.1 Å². The molecule has 0 aliphatic rings. The molecule has 2 N–H and O–H groups in total. The number of ether oxygens (including phenoxy) is 1. The maximum atomic E-state index is 12.9. The predicted molar refractivity (Wildman–Crippen MR) is 133 cm³/mol. The molecule has 0 fully saturated rings. The molecule has 33 heavy (non-hydrogen) atoms. The zero-order chi connectivity index (χ0) is 23.6. The number of anilines is 1. The Kier molecular flexibility index (Phi) is 8.89. The first-order valence-corrected chi connectivity index (χ1v) is 12.3. The molecular formula is C26H28N2O4S. The van der Waals surface area contributed by atoms with Crippen LogP contribution in [0.25, 0.3) is 10.8 Å². The van der Waals surface area contributed by atoms with Gasteiger partial charge in [-0.25, -0.2) is 4.79 Å². The highest BCUT2D eigenvalue weighted by atomic mass is 32.2. The average Bonchev–Trinajstić information content (AvgIpc) is 2.85. The largest absolute Gasteiger partial charge is 0.451 e. The summed E-state index contributed by atoms with van der Waals surface area (Å²) in [7, 11) is 0. The smallest absolute Gasteiger partial charge is 0.329 e. The van der Waals surface area contributed by atoms with Crippen LogP contribution in [-0.4, -0.2) is 41.9 Å². The van der Waals surface area contributed by atoms with E-state index >= 15 is 0 Å². The molecule has 0 radical (unpaired) electrons. The van der Waals surface area contributed by atoms with Gasteiger partial charge < -0.3 is 15.4 Å². The number of carbonyl (C=O) groups excluding carboxylic acids is 3. The summed E-state index contributed by atoms with van der Waals surface area (Å²) in [4.78, 5) is 38.4. The lowest BCUT2D eigenvalue weighted by molar-refractivity contribution is -0.156. The molecule has 0 unspecified atom stereocenters. The van der Waals surface area contributed by atoms with Crippen LogP contribution in [0.5, 0.6) is 0 Å². The van der Waals surface area contributed by atoms with E-state index in [1.807, 2.05) is 54.8 Å². The zero-order valence-electron chi connectivity index (χ0n) is 18.7. The molecule has 0 saturated heterocycles. The van der Waals surface area contributed by atoms with Crippen LogP contribution in [0.2, 0.25) is 0 Å². The second kappa shape index (κ2) is 12.1. The second-order valence-electron chi connectivity index (χ2n) is 7.52. The van der Waals surface area contributed by atoms with E-state index in [9.17, 15) is 14.4 Å². The number of nitrogens with one attached hydrogen (secondary N) is 2. The monoisotopic (exact) mass is 464 g/mol. The van der Waals surface area contributed by atoms with Crippen LogP contribution in [0.15, 0.2) is 72.8 Å². The van der Waals surface area contributed by atoms with Crippen LogP contribution in [0, 0.1) is 0 Å². The Morgan fingerprint density at radius 3 is 2.36 bits per heavy atom. The number of benzene rings is 3. The van der Waals surface area contributed by atoms with Crippen LogP contribution >= 0.6 is 11.8 Å². The predicted octanol–water partition coefficient (Wildman–Crippen LogP) is 4.65. The van der Waals surface area contributed by atoms with Crippen molar-refractivity contribution in [1.82, 2.24) is 5.32 Å². The summed E-state index contributed by atoms with van der Waals surface area (Å²) < 4.78 is 5.57. The molecule has 0 saturated carbocycles. The van der Waals surface area contributed by atoms with E-state index in [0.29, 0.717) is 29.8 Å². The van der Waals surface area contributed by atoms with Crippen molar-refractivity contribution in [2.45, 2.75) is 31.9 Å². The minimum atomic E-state index is -0.970. The molecular weight excluding hydrogens is 436 g/mol. The summed E-state index contributed by atoms with van der Waals surface area (Å²) >= 11 is 1.57. The second-order valence-corrected chi connectivity index (χ2v) is 8.51. The van der Waals surface area contributed by atoms with Gasteiger partial charge in [-0.2, -0.15) is 11.8 Å². The van der Waals surface area contributed by atoms with Gasteiger partial charge in [-0.05, 0) is 48.4 Å². The Bertz CT molecular complexity index is 1100. The number of carbonyl (C=O) groups is 3. The number of thioether (sulfide) groups is 1. The Labute approximate surface area is 198 Å². The lowest BCUT2D eigenvalue weighted by Gasteiger charge is -2.22. The first kappa shape index (κ1) is 24.3. The van der Waals surface area contributed by atoms with Gasteiger partial charge in [-0.3, -0.25) is 9.59 Å². The molecule has 0 aliphatic carbocycles. The van der Waals surface area contributed by atoms with Gasteiger partial charge in [0.05, 0.1) is 0 Å². The minimum Gasteiger partial charge on any atom is -0.451 e. The third kappa shape index (κ3) is 6.58. The van der Waals surface area contributed by atoms with Gasteiger partial charge in [0.2, 0.25) is 0 Å². The standard InChI is InChI=1S/C26H28N2O4S/c1-3-23(25(30)27-21-15-9-13-18-10-7-8-14-20(18)21)32-26(31)22(16-17-33-2)28-24(29)19-11-5-4-6-12-19/h4-15,22-23H,3,16-17H2,1-2H3,(H,27,30)(H,28,29)/t22-,23-/m1/s1. The number of amides is 2. The zero-order valence-corrected chi connectivity index (χ0v) is 19.6. The van der Waals surface area contributed by atoms with E-state index in [1.165, 1.54) is 0 Å². The fourth-order valence-electron chi connectivity index (χ4n) is 3.41. The summed E-state index contributed by atoms with van der Waals surface area (Å²) in [6.45, 7) is 1.78. The minimum absolute atomic E-state index is 0.310. The maximum absolute atomic E-state index is 12.9. The number of fused-ring (bicyclic) bond motifs is 1. The Hall–Kier alpha value is -3.32. The normalized spacial score (nSPS) is 12.5. The van der Waals surface area contributed by atoms with E-state index < -0.39 is 24.0 Å². The van der Waals surface area contributed by atoms with Crippen LogP contribution in [-0.2, 0) is 14.3 Å². The molecule has 0 spiro atoms. The van der Waals surface area contributed by atoms with Crippen LogP contribution < -0.4 is 10.6 Å². The molecule has 0 bridgehead atoms. The van der Waals surface area contributed by atoms with Crippen molar-refractivity contribution in [1.29, 1.82) is 0 Å². The molecule has 0 heterocycles. The van der Waals surface area contributed by atoms with Gasteiger partial charge in [0, 0.05) is 16.6 Å². The Morgan fingerprint density at radius 2 is 1.64 bits per heavy atom. The Balaban J connectivity index is 1.69. The molecule has 3 aromatic rings. The van der Waals surface area contributed by atoms with Crippen molar-refractivity contribution in [3.05, 3.63) is 78.4 Å². The number of rotatable bonds is 10. The van der Waals surface area contributed by atoms with Crippen molar-refractivity contribution in [2.75, 3.05) is 17.3 Å². The summed E-state index contributed by atoms with van der Waals surface area (Å²) in [6, 6.07) is 21.2. The summed E-state index contributed by atoms with van der Waals surface area (Å²) in [5, 5.41) is 7.54. The van der Waals surface area contributed by atoms with Crippen molar-refractivity contribution >= 4 is 46.0 Å². The van der Waals surface area contributed by atoms with Crippen LogP contribution in [0.4, 0.5) is 5.69 Å². The van der Waals surface area contributed by atoms with Gasteiger partial charge in [-0.15, -0.1) is 0 Å². The number of esters is 1. The average molecular weight is 465 g/mol. The van der Waals surface area contributed by atoms with E-state index in [-0.39, 0.29) is 5.91 Å². The highest BCUT2D eigenvalue weighted by Gasteiger charge is 2.28. The van der Waals surface area contributed by atoms with E-state index in [1.54, 1.807) is 43.0 Å².